The summed E-state index contributed by atoms with van der Waals surface area (Å²) in [6.07, 6.45) is 12.6. The van der Waals surface area contributed by atoms with Gasteiger partial charge in [-0.05, 0) is 87.4 Å². The molecule has 0 aromatic heterocycles. The highest BCUT2D eigenvalue weighted by atomic mass is 16.5. The average Bonchev–Trinajstić information content (AvgIpc) is 2.89. The molecule has 0 radical (unpaired) electrons. The molecular formula is C20H32O2. The van der Waals surface area contributed by atoms with Crippen molar-refractivity contribution < 1.29 is 9.53 Å². The van der Waals surface area contributed by atoms with E-state index >= 15 is 0 Å². The zero-order valence-corrected chi connectivity index (χ0v) is 14.4. The predicted molar refractivity (Wildman–Crippen MR) is 87.3 cm³/mol. The van der Waals surface area contributed by atoms with E-state index in [1.807, 2.05) is 0 Å². The third-order valence-electron chi connectivity index (χ3n) is 7.39. The molecule has 0 unspecified atom stereocenters. The van der Waals surface area contributed by atoms with Crippen LogP contribution in [0.3, 0.4) is 0 Å². The maximum absolute atomic E-state index is 13.1. The van der Waals surface area contributed by atoms with Crippen LogP contribution in [0.15, 0.2) is 0 Å². The highest BCUT2D eigenvalue weighted by molar-refractivity contribution is 5.77. The Hall–Kier alpha value is -0.530. The summed E-state index contributed by atoms with van der Waals surface area (Å²) >= 11 is 0. The van der Waals surface area contributed by atoms with Crippen LogP contribution >= 0.6 is 0 Å². The van der Waals surface area contributed by atoms with E-state index in [0.29, 0.717) is 5.92 Å². The molecule has 5 aliphatic carbocycles. The average molecular weight is 304 g/mol. The first-order valence-electron chi connectivity index (χ1n) is 9.79. The van der Waals surface area contributed by atoms with Gasteiger partial charge in [-0.25, -0.2) is 0 Å². The Labute approximate surface area is 135 Å². The summed E-state index contributed by atoms with van der Waals surface area (Å²) in [5.74, 6) is 4.11. The SMILES string of the molecule is CC[C@H](OC(=O)C12CC3CC(CC(C3)C1)C2)[C@@H]1CC[C@H](C)C1. The van der Waals surface area contributed by atoms with Gasteiger partial charge >= 0.3 is 5.97 Å². The predicted octanol–water partition coefficient (Wildman–Crippen LogP) is 4.96. The normalized spacial score (nSPS) is 47.6. The van der Waals surface area contributed by atoms with Crippen molar-refractivity contribution in [3.05, 3.63) is 0 Å². The van der Waals surface area contributed by atoms with Gasteiger partial charge in [0.15, 0.2) is 0 Å². The molecule has 5 fully saturated rings. The van der Waals surface area contributed by atoms with Crippen LogP contribution in [-0.2, 0) is 9.53 Å². The first-order chi connectivity index (χ1) is 10.6. The fourth-order valence-electron chi connectivity index (χ4n) is 6.72. The minimum absolute atomic E-state index is 0.0770. The summed E-state index contributed by atoms with van der Waals surface area (Å²) in [7, 11) is 0. The van der Waals surface area contributed by atoms with Crippen LogP contribution in [0.2, 0.25) is 0 Å². The second-order valence-corrected chi connectivity index (χ2v) is 9.23. The van der Waals surface area contributed by atoms with E-state index in [0.717, 1.165) is 49.4 Å². The Bertz CT molecular complexity index is 406. The van der Waals surface area contributed by atoms with Crippen molar-refractivity contribution in [1.29, 1.82) is 0 Å². The van der Waals surface area contributed by atoms with Crippen LogP contribution in [0.5, 0.6) is 0 Å². The van der Waals surface area contributed by atoms with Crippen molar-refractivity contribution in [1.82, 2.24) is 0 Å². The van der Waals surface area contributed by atoms with Crippen LogP contribution in [0.25, 0.3) is 0 Å². The Morgan fingerprint density at radius 1 is 1.05 bits per heavy atom. The van der Waals surface area contributed by atoms with Gasteiger partial charge in [-0.15, -0.1) is 0 Å². The zero-order valence-electron chi connectivity index (χ0n) is 14.4. The highest BCUT2D eigenvalue weighted by Gasteiger charge is 2.56. The number of hydrogen-bond donors (Lipinski definition) is 0. The van der Waals surface area contributed by atoms with Crippen molar-refractivity contribution in [2.45, 2.75) is 84.2 Å². The molecule has 0 aromatic carbocycles. The van der Waals surface area contributed by atoms with Crippen LogP contribution in [0.4, 0.5) is 0 Å². The lowest BCUT2D eigenvalue weighted by atomic mass is 9.49. The standard InChI is InChI=1S/C20H32O2/c1-3-18(17-5-4-13(2)6-17)22-19(21)20-10-14-7-15(11-20)9-16(8-14)12-20/h13-18H,3-12H2,1-2H3/t13-,14?,15?,16?,17+,18-,20?/m0/s1. The summed E-state index contributed by atoms with van der Waals surface area (Å²) in [4.78, 5) is 13.1. The van der Waals surface area contributed by atoms with E-state index < -0.39 is 0 Å². The summed E-state index contributed by atoms with van der Waals surface area (Å²) in [6.45, 7) is 4.54. The quantitative estimate of drug-likeness (QED) is 0.686. The molecule has 3 atom stereocenters. The van der Waals surface area contributed by atoms with Gasteiger partial charge in [0, 0.05) is 0 Å². The molecule has 0 heterocycles. The van der Waals surface area contributed by atoms with Crippen molar-refractivity contribution in [2.75, 3.05) is 0 Å². The van der Waals surface area contributed by atoms with E-state index in [2.05, 4.69) is 13.8 Å². The monoisotopic (exact) mass is 304 g/mol. The fourth-order valence-corrected chi connectivity index (χ4v) is 6.72. The van der Waals surface area contributed by atoms with Crippen LogP contribution in [0, 0.1) is 35.0 Å². The second-order valence-electron chi connectivity index (χ2n) is 9.23. The number of carbonyl (C=O) groups excluding carboxylic acids is 1. The molecule has 0 N–H and O–H groups in total. The molecular weight excluding hydrogens is 272 g/mol. The first-order valence-corrected chi connectivity index (χ1v) is 9.79. The van der Waals surface area contributed by atoms with Crippen LogP contribution in [0.1, 0.15) is 78.1 Å². The maximum atomic E-state index is 13.1. The zero-order chi connectivity index (χ0) is 15.3. The van der Waals surface area contributed by atoms with E-state index in [1.165, 1.54) is 38.5 Å². The number of esters is 1. The molecule has 2 nitrogen and oxygen atoms in total. The molecule has 0 aliphatic heterocycles. The third kappa shape index (κ3) is 2.51. The van der Waals surface area contributed by atoms with E-state index in [-0.39, 0.29) is 17.5 Å². The smallest absolute Gasteiger partial charge is 0.312 e. The van der Waals surface area contributed by atoms with Gasteiger partial charge in [0.25, 0.3) is 0 Å². The Balaban J connectivity index is 1.45. The van der Waals surface area contributed by atoms with Gasteiger partial charge in [-0.1, -0.05) is 20.3 Å². The molecule has 2 heteroatoms. The molecule has 22 heavy (non-hydrogen) atoms. The lowest BCUT2D eigenvalue weighted by Crippen LogP contribution is -2.51. The summed E-state index contributed by atoms with van der Waals surface area (Å²) < 4.78 is 6.18. The molecule has 5 rings (SSSR count). The number of rotatable bonds is 4. The maximum Gasteiger partial charge on any atom is 0.312 e. The number of ether oxygens (including phenoxy) is 1. The Morgan fingerprint density at radius 3 is 2.09 bits per heavy atom. The van der Waals surface area contributed by atoms with Gasteiger partial charge in [-0.3, -0.25) is 4.79 Å². The number of carbonyl (C=O) groups is 1. The summed E-state index contributed by atoms with van der Waals surface area (Å²) in [6, 6.07) is 0. The third-order valence-corrected chi connectivity index (χ3v) is 7.39. The molecule has 5 aliphatic rings. The van der Waals surface area contributed by atoms with Gasteiger partial charge in [0.1, 0.15) is 6.10 Å². The first kappa shape index (κ1) is 15.0. The van der Waals surface area contributed by atoms with Gasteiger partial charge < -0.3 is 4.74 Å². The molecule has 4 bridgehead atoms. The highest BCUT2D eigenvalue weighted by Crippen LogP contribution is 2.60. The van der Waals surface area contributed by atoms with Crippen LogP contribution in [-0.4, -0.2) is 12.1 Å². The molecule has 0 amide bonds. The van der Waals surface area contributed by atoms with Crippen molar-refractivity contribution >= 4 is 5.97 Å². The topological polar surface area (TPSA) is 26.3 Å². The van der Waals surface area contributed by atoms with Gasteiger partial charge in [0.2, 0.25) is 0 Å². The Morgan fingerprint density at radius 2 is 1.64 bits per heavy atom. The largest absolute Gasteiger partial charge is 0.462 e. The molecule has 5 saturated carbocycles. The van der Waals surface area contributed by atoms with E-state index in [1.54, 1.807) is 0 Å². The molecule has 0 aromatic rings. The van der Waals surface area contributed by atoms with Gasteiger partial charge in [-0.2, -0.15) is 0 Å². The Kier molecular flexibility index (Phi) is 3.77. The second kappa shape index (κ2) is 5.53. The van der Waals surface area contributed by atoms with Crippen LogP contribution < -0.4 is 0 Å². The van der Waals surface area contributed by atoms with Crippen molar-refractivity contribution in [3.8, 4) is 0 Å². The molecule has 0 saturated heterocycles. The fraction of sp³-hybridized carbons (Fsp3) is 0.950. The van der Waals surface area contributed by atoms with Crippen molar-refractivity contribution in [2.24, 2.45) is 35.0 Å². The van der Waals surface area contributed by atoms with Gasteiger partial charge in [0.05, 0.1) is 5.41 Å². The van der Waals surface area contributed by atoms with E-state index in [4.69, 9.17) is 4.74 Å². The summed E-state index contributed by atoms with van der Waals surface area (Å²) in [5.41, 5.74) is -0.0770. The lowest BCUT2D eigenvalue weighted by Gasteiger charge is -2.55. The minimum Gasteiger partial charge on any atom is -0.462 e. The minimum atomic E-state index is -0.0770. The number of hydrogen-bond acceptors (Lipinski definition) is 2. The molecule has 0 spiro atoms. The lowest BCUT2D eigenvalue weighted by molar-refractivity contribution is -0.179. The van der Waals surface area contributed by atoms with Crippen molar-refractivity contribution in [3.63, 3.8) is 0 Å². The van der Waals surface area contributed by atoms with E-state index in [9.17, 15) is 4.79 Å². The summed E-state index contributed by atoms with van der Waals surface area (Å²) in [5, 5.41) is 0. The molecule has 124 valence electrons.